The Morgan fingerprint density at radius 2 is 1.03 bits per heavy atom. The molecule has 0 saturated heterocycles. The summed E-state index contributed by atoms with van der Waals surface area (Å²) in [5.41, 5.74) is 14.2. The summed E-state index contributed by atoms with van der Waals surface area (Å²) in [4.78, 5) is 0. The van der Waals surface area contributed by atoms with Gasteiger partial charge < -0.3 is 0 Å². The molecule has 0 saturated carbocycles. The molecule has 2 aromatic rings. The van der Waals surface area contributed by atoms with Gasteiger partial charge in [-0.2, -0.15) is 0 Å². The van der Waals surface area contributed by atoms with Gasteiger partial charge in [0.1, 0.15) is 0 Å². The second-order valence-corrected chi connectivity index (χ2v) is 40.5. The number of aryl methyl sites for hydroxylation is 4. The number of halogens is 2. The summed E-state index contributed by atoms with van der Waals surface area (Å²) in [6.45, 7) is 17.0. The molecule has 34 heavy (non-hydrogen) atoms. The van der Waals surface area contributed by atoms with E-state index in [4.69, 9.17) is 18.6 Å². The van der Waals surface area contributed by atoms with E-state index in [9.17, 15) is 0 Å². The van der Waals surface area contributed by atoms with Crippen molar-refractivity contribution in [1.29, 1.82) is 0 Å². The zero-order chi connectivity index (χ0) is 25.0. The SMILES string of the molecule is CCCC1=Cc2c(C)ccc(C)c2[CH]1[Ti]([Cl])([Cl])([CH]1C(CCC)=Cc2c(C)ccc(C)c21)[SiH](C)C. The number of hydrogen-bond donors (Lipinski definition) is 0. The van der Waals surface area contributed by atoms with Crippen LogP contribution in [0.4, 0.5) is 0 Å². The summed E-state index contributed by atoms with van der Waals surface area (Å²) in [7, 11) is 16.9. The minimum atomic E-state index is -4.30. The molecule has 0 amide bonds. The van der Waals surface area contributed by atoms with Gasteiger partial charge in [0.25, 0.3) is 0 Å². The van der Waals surface area contributed by atoms with Gasteiger partial charge in [-0.1, -0.05) is 0 Å². The molecule has 2 aromatic carbocycles. The fraction of sp³-hybridized carbons (Fsp3) is 0.467. The molecule has 183 valence electrons. The molecule has 0 aromatic heterocycles. The molecule has 0 radical (unpaired) electrons. The molecule has 0 bridgehead atoms. The maximum absolute atomic E-state index is 8.44. The first-order valence-electron chi connectivity index (χ1n) is 13.2. The Hall–Kier alpha value is -0.569. The van der Waals surface area contributed by atoms with Crippen molar-refractivity contribution in [2.45, 2.75) is 88.8 Å². The third-order valence-corrected chi connectivity index (χ3v) is 43.9. The van der Waals surface area contributed by atoms with Crippen molar-refractivity contribution in [3.63, 3.8) is 0 Å². The van der Waals surface area contributed by atoms with Crippen molar-refractivity contribution >= 4 is 37.4 Å². The van der Waals surface area contributed by atoms with Crippen LogP contribution in [0.1, 0.15) is 92.5 Å². The second kappa shape index (κ2) is 9.38. The van der Waals surface area contributed by atoms with Crippen LogP contribution in [0.2, 0.25) is 13.1 Å². The maximum atomic E-state index is 8.44. The van der Waals surface area contributed by atoms with E-state index < -0.39 is 19.1 Å². The Morgan fingerprint density at radius 1 is 0.676 bits per heavy atom. The van der Waals surface area contributed by atoms with Gasteiger partial charge in [0.2, 0.25) is 0 Å². The molecule has 0 N–H and O–H groups in total. The van der Waals surface area contributed by atoms with Crippen LogP contribution in [0.25, 0.3) is 12.2 Å². The number of allylic oxidation sites excluding steroid dienone is 2. The molecule has 2 unspecified atom stereocenters. The van der Waals surface area contributed by atoms with Crippen LogP contribution in [0.5, 0.6) is 0 Å². The average molecular weight is 549 g/mol. The first-order chi connectivity index (χ1) is 16.0. The summed E-state index contributed by atoms with van der Waals surface area (Å²) >= 11 is -4.30. The molecule has 0 aliphatic heterocycles. The van der Waals surface area contributed by atoms with Crippen LogP contribution >= 0.6 is 18.6 Å². The Bertz CT molecular complexity index is 1120. The monoisotopic (exact) mass is 547 g/mol. The van der Waals surface area contributed by atoms with Crippen molar-refractivity contribution in [2.75, 3.05) is 0 Å². The fourth-order valence-electron chi connectivity index (χ4n) is 6.87. The fourth-order valence-corrected chi connectivity index (χ4v) is 28.1. The van der Waals surface area contributed by atoms with Gasteiger partial charge in [0, 0.05) is 0 Å². The average Bonchev–Trinajstić information content (AvgIpc) is 3.36. The molecule has 0 spiro atoms. The van der Waals surface area contributed by atoms with E-state index in [0.29, 0.717) is 0 Å². The third kappa shape index (κ3) is 3.81. The molecule has 4 heteroatoms. The zero-order valence-corrected chi connectivity index (χ0v) is 26.5. The molecular formula is C30H41Cl2SiTi. The molecule has 2 atom stereocenters. The van der Waals surface area contributed by atoms with E-state index in [2.05, 4.69) is 91.1 Å². The van der Waals surface area contributed by atoms with Gasteiger partial charge in [-0.3, -0.25) is 0 Å². The van der Waals surface area contributed by atoms with Gasteiger partial charge in [-0.05, 0) is 0 Å². The first-order valence-corrected chi connectivity index (χ1v) is 24.8. The van der Waals surface area contributed by atoms with Crippen LogP contribution < -0.4 is 0 Å². The van der Waals surface area contributed by atoms with Gasteiger partial charge in [0.05, 0.1) is 0 Å². The van der Waals surface area contributed by atoms with Crippen LogP contribution in [-0.2, 0) is 12.4 Å². The molecule has 4 rings (SSSR count). The Labute approximate surface area is 217 Å². The molecule has 2 aliphatic carbocycles. The number of rotatable bonds is 7. The summed E-state index contributed by atoms with van der Waals surface area (Å²) in [5.74, 6) is 0. The molecule has 2 aliphatic rings. The Morgan fingerprint density at radius 3 is 1.35 bits per heavy atom. The molecule has 0 heterocycles. The molecular weight excluding hydrogens is 507 g/mol. The number of fused-ring (bicyclic) bond motifs is 2. The van der Waals surface area contributed by atoms with E-state index >= 15 is 0 Å². The van der Waals surface area contributed by atoms with E-state index in [1.165, 1.54) is 55.7 Å². The summed E-state index contributed by atoms with van der Waals surface area (Å²) in [5, 5.41) is 0. The van der Waals surface area contributed by atoms with Crippen molar-refractivity contribution < 1.29 is 12.4 Å². The summed E-state index contributed by atoms with van der Waals surface area (Å²) in [6, 6.07) is 9.14. The Kier molecular flexibility index (Phi) is 7.31. The third-order valence-electron chi connectivity index (χ3n) is 8.71. The quantitative estimate of drug-likeness (QED) is 0.302. The predicted octanol–water partition coefficient (Wildman–Crippen LogP) is 10.1. The van der Waals surface area contributed by atoms with Crippen LogP contribution in [0, 0.1) is 27.7 Å². The van der Waals surface area contributed by atoms with Crippen LogP contribution in [-0.4, -0.2) is 6.66 Å². The normalized spacial score (nSPS) is 20.6. The standard InChI is InChI=1S/2C14H17.C2H7Si.2ClH.Ti/c2*1-4-5-12-8-13-10(2)6-7-11(3)14(13)9-12;1-3-2;;;/h2*6-9H,4-5H2,1-3H3;3H,1-2H3;2*1H;/q;;;;;+2/p-2. The number of hydrogen-bond acceptors (Lipinski definition) is 0. The zero-order valence-electron chi connectivity index (χ0n) is 22.3. The minimum absolute atomic E-state index is 0.206. The van der Waals surface area contributed by atoms with Gasteiger partial charge in [-0.25, -0.2) is 0 Å². The van der Waals surface area contributed by atoms with E-state index in [-0.39, 0.29) is 8.45 Å². The van der Waals surface area contributed by atoms with Crippen molar-refractivity contribution in [1.82, 2.24) is 0 Å². The first kappa shape index (κ1) is 26.5. The van der Waals surface area contributed by atoms with Crippen molar-refractivity contribution in [2.24, 2.45) is 0 Å². The molecule has 0 fully saturated rings. The summed E-state index contributed by atoms with van der Waals surface area (Å²) in [6.07, 6.45) is 9.38. The second-order valence-electron chi connectivity index (χ2n) is 11.2. The molecule has 0 nitrogen and oxygen atoms in total. The Balaban J connectivity index is 2.08. The van der Waals surface area contributed by atoms with Crippen LogP contribution in [0.3, 0.4) is 0 Å². The van der Waals surface area contributed by atoms with E-state index in [1.807, 2.05) is 0 Å². The number of benzene rings is 2. The topological polar surface area (TPSA) is 0 Å². The summed E-state index contributed by atoms with van der Waals surface area (Å²) < 4.78 is 0.413. The van der Waals surface area contributed by atoms with E-state index in [1.54, 1.807) is 0 Å². The predicted molar refractivity (Wildman–Crippen MR) is 154 cm³/mol. The van der Waals surface area contributed by atoms with Crippen molar-refractivity contribution in [3.05, 3.63) is 79.9 Å². The van der Waals surface area contributed by atoms with E-state index in [0.717, 1.165) is 25.7 Å². The van der Waals surface area contributed by atoms with Gasteiger partial charge in [0.15, 0.2) is 0 Å². The van der Waals surface area contributed by atoms with Gasteiger partial charge in [-0.15, -0.1) is 0 Å². The van der Waals surface area contributed by atoms with Gasteiger partial charge >= 0.3 is 219 Å². The van der Waals surface area contributed by atoms with Crippen molar-refractivity contribution in [3.8, 4) is 0 Å². The van der Waals surface area contributed by atoms with Crippen LogP contribution in [0.15, 0.2) is 35.4 Å².